The van der Waals surface area contributed by atoms with Crippen LogP contribution in [0.4, 0.5) is 0 Å². The molecule has 236 valence electrons. The van der Waals surface area contributed by atoms with Crippen molar-refractivity contribution in [3.8, 4) is 0 Å². The van der Waals surface area contributed by atoms with Crippen LogP contribution in [-0.4, -0.2) is 18.0 Å². The lowest BCUT2D eigenvalue weighted by molar-refractivity contribution is 0.256. The van der Waals surface area contributed by atoms with E-state index in [-0.39, 0.29) is 0 Å². The van der Waals surface area contributed by atoms with Crippen LogP contribution in [0.15, 0.2) is 90.7 Å². The van der Waals surface area contributed by atoms with Gasteiger partial charge in [-0.05, 0) is 107 Å². The van der Waals surface area contributed by atoms with Gasteiger partial charge >= 0.3 is 0 Å². The van der Waals surface area contributed by atoms with Crippen LogP contribution in [0.2, 0.25) is 0 Å². The standard InChI is InChI=1S/C18H31N.C13H24.C10H12/c1-7-10-16(11-8-2)19(6)18(15-12-13-15)17(9-3)14(4)5;1-5-9-11-13(8-4)12(7-3)10-6-2;1-8(2)10-6-4-9(3)5-7-10/h9,15-16H,3-4,7-8,10-13H2,1-2,5-6H3;8-9,11-12H,5-7,10H2,1-4H3;4-7H,1H2,2-3H3/b18-17+;11-9-,13-8+;. The molecule has 0 N–H and O–H groups in total. The van der Waals surface area contributed by atoms with Crippen LogP contribution < -0.4 is 0 Å². The van der Waals surface area contributed by atoms with E-state index in [2.05, 4.69) is 130 Å². The van der Waals surface area contributed by atoms with Crippen molar-refractivity contribution in [2.45, 2.75) is 133 Å². The normalized spacial score (nSPS) is 14.3. The molecule has 0 bridgehead atoms. The monoisotopic (exact) mass is 574 g/mol. The van der Waals surface area contributed by atoms with Gasteiger partial charge in [-0.1, -0.05) is 133 Å². The van der Waals surface area contributed by atoms with Crippen LogP contribution in [-0.2, 0) is 0 Å². The number of hydrogen-bond acceptors (Lipinski definition) is 1. The molecule has 0 radical (unpaired) electrons. The van der Waals surface area contributed by atoms with E-state index in [1.807, 2.05) is 13.0 Å². The van der Waals surface area contributed by atoms with Gasteiger partial charge in [0.1, 0.15) is 0 Å². The fourth-order valence-corrected chi connectivity index (χ4v) is 5.46. The molecule has 1 heteroatoms. The number of aryl methyl sites for hydroxylation is 1. The first-order valence-corrected chi connectivity index (χ1v) is 16.9. The van der Waals surface area contributed by atoms with Crippen molar-refractivity contribution in [2.24, 2.45) is 11.8 Å². The second kappa shape index (κ2) is 23.0. The third kappa shape index (κ3) is 15.1. The third-order valence-electron chi connectivity index (χ3n) is 8.10. The zero-order chi connectivity index (χ0) is 32.1. The third-order valence-corrected chi connectivity index (χ3v) is 8.10. The fraction of sp³-hybridized carbons (Fsp3) is 0.561. The molecule has 0 amide bonds. The minimum Gasteiger partial charge on any atom is -0.374 e. The summed E-state index contributed by atoms with van der Waals surface area (Å²) in [5, 5.41) is 0. The summed E-state index contributed by atoms with van der Waals surface area (Å²) in [5.74, 6) is 1.52. The predicted octanol–water partition coefficient (Wildman–Crippen LogP) is 13.1. The summed E-state index contributed by atoms with van der Waals surface area (Å²) >= 11 is 0. The molecule has 0 spiro atoms. The lowest BCUT2D eigenvalue weighted by atomic mass is 9.91. The fourth-order valence-electron chi connectivity index (χ4n) is 5.46. The number of allylic oxidation sites excluding steroid dienone is 9. The Bertz CT molecular complexity index is 990. The van der Waals surface area contributed by atoms with Crippen molar-refractivity contribution in [1.29, 1.82) is 0 Å². The van der Waals surface area contributed by atoms with Crippen molar-refractivity contribution in [3.05, 3.63) is 102 Å². The summed E-state index contributed by atoms with van der Waals surface area (Å²) in [6, 6.07) is 9.06. The highest BCUT2D eigenvalue weighted by Crippen LogP contribution is 2.42. The highest BCUT2D eigenvalue weighted by atomic mass is 15.1. The average molecular weight is 574 g/mol. The maximum Gasteiger partial charge on any atom is 0.0283 e. The zero-order valence-corrected chi connectivity index (χ0v) is 29.5. The van der Waals surface area contributed by atoms with Gasteiger partial charge in [-0.15, -0.1) is 0 Å². The number of benzene rings is 1. The summed E-state index contributed by atoms with van der Waals surface area (Å²) in [7, 11) is 2.27. The Kier molecular flexibility index (Phi) is 21.6. The summed E-state index contributed by atoms with van der Waals surface area (Å²) in [6.07, 6.45) is 21.6. The SMILES string of the molecule is C/C=C(\C=C/CC)C(CC)CCC.C=C(C)c1ccc(C)cc1.C=C/C(C(=C)C)=C(/C1CC1)N(C)C(CCC)CCC. The first-order valence-electron chi connectivity index (χ1n) is 16.9. The average Bonchev–Trinajstić information content (AvgIpc) is 3.81. The molecule has 1 aliphatic rings. The molecule has 2 rings (SSSR count). The quantitative estimate of drug-likeness (QED) is 0.178. The highest BCUT2D eigenvalue weighted by Gasteiger charge is 2.32. The Morgan fingerprint density at radius 3 is 1.83 bits per heavy atom. The zero-order valence-electron chi connectivity index (χ0n) is 29.5. The minimum atomic E-state index is 0.667. The number of nitrogens with zero attached hydrogens (tertiary/aromatic N) is 1. The molecule has 1 saturated carbocycles. The summed E-state index contributed by atoms with van der Waals surface area (Å²) in [6.45, 7) is 31.6. The lowest BCUT2D eigenvalue weighted by Crippen LogP contribution is -2.32. The van der Waals surface area contributed by atoms with E-state index in [0.717, 1.165) is 29.4 Å². The van der Waals surface area contributed by atoms with Crippen LogP contribution in [0.5, 0.6) is 0 Å². The van der Waals surface area contributed by atoms with Gasteiger partial charge in [0.25, 0.3) is 0 Å². The molecular formula is C41H67N. The van der Waals surface area contributed by atoms with Crippen LogP contribution in [0, 0.1) is 18.8 Å². The Labute approximate surface area is 263 Å². The van der Waals surface area contributed by atoms with Crippen LogP contribution >= 0.6 is 0 Å². The number of rotatable bonds is 16. The van der Waals surface area contributed by atoms with Gasteiger partial charge in [0.05, 0.1) is 0 Å². The van der Waals surface area contributed by atoms with E-state index in [4.69, 9.17) is 0 Å². The lowest BCUT2D eigenvalue weighted by Gasteiger charge is -2.34. The molecule has 1 nitrogen and oxygen atoms in total. The molecule has 1 aliphatic carbocycles. The molecule has 0 heterocycles. The topological polar surface area (TPSA) is 3.24 Å². The minimum absolute atomic E-state index is 0.667. The van der Waals surface area contributed by atoms with E-state index in [1.54, 1.807) is 0 Å². The Hall–Kier alpha value is -2.54. The van der Waals surface area contributed by atoms with Crippen molar-refractivity contribution in [3.63, 3.8) is 0 Å². The predicted molar refractivity (Wildman–Crippen MR) is 194 cm³/mol. The first kappa shape index (κ1) is 39.5. The molecule has 1 fully saturated rings. The summed E-state index contributed by atoms with van der Waals surface area (Å²) in [4.78, 5) is 2.54. The van der Waals surface area contributed by atoms with Crippen molar-refractivity contribution in [1.82, 2.24) is 4.90 Å². The number of hydrogen-bond donors (Lipinski definition) is 0. The van der Waals surface area contributed by atoms with Crippen LogP contribution in [0.1, 0.15) is 131 Å². The summed E-state index contributed by atoms with van der Waals surface area (Å²) in [5.41, 5.74) is 9.09. The maximum absolute atomic E-state index is 4.14. The van der Waals surface area contributed by atoms with E-state index >= 15 is 0 Å². The van der Waals surface area contributed by atoms with Gasteiger partial charge in [-0.3, -0.25) is 0 Å². The van der Waals surface area contributed by atoms with Crippen LogP contribution in [0.3, 0.4) is 0 Å². The second-order valence-corrected chi connectivity index (χ2v) is 12.0. The molecule has 1 unspecified atom stereocenters. The summed E-state index contributed by atoms with van der Waals surface area (Å²) < 4.78 is 0. The molecule has 0 saturated heterocycles. The van der Waals surface area contributed by atoms with Crippen LogP contribution in [0.25, 0.3) is 5.57 Å². The molecule has 1 aromatic carbocycles. The molecular weight excluding hydrogens is 506 g/mol. The van der Waals surface area contributed by atoms with Gasteiger partial charge in [0.15, 0.2) is 0 Å². The van der Waals surface area contributed by atoms with Gasteiger partial charge in [-0.2, -0.15) is 0 Å². The first-order chi connectivity index (χ1) is 20.1. The maximum atomic E-state index is 4.14. The van der Waals surface area contributed by atoms with E-state index in [0.29, 0.717) is 6.04 Å². The highest BCUT2D eigenvalue weighted by molar-refractivity contribution is 5.61. The Morgan fingerprint density at radius 1 is 0.929 bits per heavy atom. The van der Waals surface area contributed by atoms with E-state index in [1.165, 1.54) is 85.8 Å². The van der Waals surface area contributed by atoms with Crippen molar-refractivity contribution in [2.75, 3.05) is 7.05 Å². The molecule has 42 heavy (non-hydrogen) atoms. The Morgan fingerprint density at radius 2 is 1.48 bits per heavy atom. The molecule has 1 aromatic rings. The van der Waals surface area contributed by atoms with Crippen molar-refractivity contribution >= 4 is 5.57 Å². The van der Waals surface area contributed by atoms with E-state index < -0.39 is 0 Å². The van der Waals surface area contributed by atoms with E-state index in [9.17, 15) is 0 Å². The molecule has 0 aromatic heterocycles. The van der Waals surface area contributed by atoms with Gasteiger partial charge in [0.2, 0.25) is 0 Å². The molecule has 1 atom stereocenters. The van der Waals surface area contributed by atoms with Crippen molar-refractivity contribution < 1.29 is 0 Å². The Balaban J connectivity index is 0.000000636. The molecule has 0 aliphatic heterocycles. The smallest absolute Gasteiger partial charge is 0.0283 e. The van der Waals surface area contributed by atoms with Gasteiger partial charge in [0, 0.05) is 18.8 Å². The second-order valence-electron chi connectivity index (χ2n) is 12.0. The van der Waals surface area contributed by atoms with Gasteiger partial charge in [-0.25, -0.2) is 0 Å². The van der Waals surface area contributed by atoms with Gasteiger partial charge < -0.3 is 4.90 Å². The largest absolute Gasteiger partial charge is 0.374 e.